The van der Waals surface area contributed by atoms with Crippen molar-refractivity contribution in [1.82, 2.24) is 14.7 Å². The van der Waals surface area contributed by atoms with Gasteiger partial charge < -0.3 is 10.2 Å². The fraction of sp³-hybridized carbons (Fsp3) is 0.643. The number of rotatable bonds is 5. The van der Waals surface area contributed by atoms with Crippen LogP contribution in [-0.4, -0.2) is 28.5 Å². The molecule has 0 atom stereocenters. The monoisotopic (exact) mass is 280 g/mol. The van der Waals surface area contributed by atoms with Crippen molar-refractivity contribution in [2.24, 2.45) is 0 Å². The number of nitrogens with zero attached hydrogens (tertiary/aromatic N) is 3. The van der Waals surface area contributed by atoms with Crippen LogP contribution in [0, 0.1) is 0 Å². The Morgan fingerprint density at radius 2 is 2.16 bits per heavy atom. The van der Waals surface area contributed by atoms with E-state index in [-0.39, 0.29) is 5.54 Å². The van der Waals surface area contributed by atoms with Crippen LogP contribution in [0.5, 0.6) is 0 Å². The third-order valence-corrected chi connectivity index (χ3v) is 3.80. The zero-order chi connectivity index (χ0) is 14.0. The summed E-state index contributed by atoms with van der Waals surface area (Å²) in [5, 5.41) is 5.65. The number of imidazole rings is 1. The van der Waals surface area contributed by atoms with Crippen LogP contribution in [0.15, 0.2) is 11.6 Å². The standard InChI is InChI=1S/C14H24N4S/c1-6-7-17(5)12-11(10-15-14(2,3)4)18-8-9-19-13(18)16-12/h8-9,15H,6-7,10H2,1-5H3. The Labute approximate surface area is 119 Å². The minimum Gasteiger partial charge on any atom is -0.358 e. The number of hydrogen-bond acceptors (Lipinski definition) is 4. The minimum atomic E-state index is 0.112. The molecule has 0 aliphatic heterocycles. The largest absolute Gasteiger partial charge is 0.358 e. The molecule has 2 rings (SSSR count). The van der Waals surface area contributed by atoms with Gasteiger partial charge in [-0.15, -0.1) is 11.3 Å². The molecule has 5 heteroatoms. The van der Waals surface area contributed by atoms with Gasteiger partial charge in [0.05, 0.1) is 5.69 Å². The zero-order valence-electron chi connectivity index (χ0n) is 12.5. The molecule has 0 amide bonds. The van der Waals surface area contributed by atoms with Crippen LogP contribution in [0.3, 0.4) is 0 Å². The maximum Gasteiger partial charge on any atom is 0.195 e. The Balaban J connectivity index is 2.31. The number of anilines is 1. The van der Waals surface area contributed by atoms with E-state index < -0.39 is 0 Å². The maximum absolute atomic E-state index is 4.76. The molecule has 0 radical (unpaired) electrons. The van der Waals surface area contributed by atoms with E-state index in [1.54, 1.807) is 11.3 Å². The van der Waals surface area contributed by atoms with Gasteiger partial charge in [0.25, 0.3) is 0 Å². The Hall–Kier alpha value is -1.07. The van der Waals surface area contributed by atoms with Crippen LogP contribution >= 0.6 is 11.3 Å². The van der Waals surface area contributed by atoms with Crippen molar-refractivity contribution >= 4 is 22.1 Å². The number of thiazole rings is 1. The van der Waals surface area contributed by atoms with Crippen LogP contribution in [0.25, 0.3) is 4.96 Å². The molecule has 2 aromatic heterocycles. The van der Waals surface area contributed by atoms with Gasteiger partial charge in [-0.1, -0.05) is 6.92 Å². The van der Waals surface area contributed by atoms with Gasteiger partial charge in [-0.05, 0) is 27.2 Å². The van der Waals surface area contributed by atoms with E-state index in [4.69, 9.17) is 4.98 Å². The Bertz CT molecular complexity index is 535. The molecular formula is C14H24N4S. The Morgan fingerprint density at radius 3 is 2.79 bits per heavy atom. The van der Waals surface area contributed by atoms with Crippen LogP contribution in [-0.2, 0) is 6.54 Å². The van der Waals surface area contributed by atoms with Gasteiger partial charge >= 0.3 is 0 Å². The van der Waals surface area contributed by atoms with Gasteiger partial charge in [-0.3, -0.25) is 4.40 Å². The van der Waals surface area contributed by atoms with Gasteiger partial charge in [-0.25, -0.2) is 4.98 Å². The molecule has 0 fully saturated rings. The Kier molecular flexibility index (Phi) is 4.16. The summed E-state index contributed by atoms with van der Waals surface area (Å²) in [5.74, 6) is 1.10. The van der Waals surface area contributed by atoms with Gasteiger partial charge in [0.2, 0.25) is 0 Å². The van der Waals surface area contributed by atoms with Gasteiger partial charge in [0, 0.05) is 37.3 Å². The van der Waals surface area contributed by atoms with Crippen molar-refractivity contribution in [3.8, 4) is 0 Å². The van der Waals surface area contributed by atoms with Crippen LogP contribution in [0.4, 0.5) is 5.82 Å². The summed E-state index contributed by atoms with van der Waals surface area (Å²) in [5.41, 5.74) is 1.36. The second-order valence-corrected chi connectivity index (χ2v) is 6.84. The minimum absolute atomic E-state index is 0.112. The lowest BCUT2D eigenvalue weighted by Crippen LogP contribution is -2.36. The summed E-state index contributed by atoms with van der Waals surface area (Å²) in [4.78, 5) is 8.08. The van der Waals surface area contributed by atoms with E-state index in [9.17, 15) is 0 Å². The second-order valence-electron chi connectivity index (χ2n) is 5.96. The van der Waals surface area contributed by atoms with E-state index in [2.05, 4.69) is 60.9 Å². The highest BCUT2D eigenvalue weighted by atomic mass is 32.1. The molecule has 0 aliphatic rings. The summed E-state index contributed by atoms with van der Waals surface area (Å²) in [7, 11) is 2.12. The molecular weight excluding hydrogens is 256 g/mol. The summed E-state index contributed by atoms with van der Waals surface area (Å²) in [6.07, 6.45) is 3.24. The molecule has 19 heavy (non-hydrogen) atoms. The van der Waals surface area contributed by atoms with Crippen molar-refractivity contribution in [3.05, 3.63) is 17.3 Å². The summed E-state index contributed by atoms with van der Waals surface area (Å²) in [6, 6.07) is 0. The van der Waals surface area contributed by atoms with Gasteiger partial charge in [-0.2, -0.15) is 0 Å². The first-order chi connectivity index (χ1) is 8.92. The average molecular weight is 280 g/mol. The first-order valence-corrected chi connectivity index (χ1v) is 7.71. The fourth-order valence-electron chi connectivity index (χ4n) is 2.08. The smallest absolute Gasteiger partial charge is 0.195 e. The lowest BCUT2D eigenvalue weighted by molar-refractivity contribution is 0.420. The third-order valence-electron chi connectivity index (χ3n) is 3.05. The molecule has 0 saturated carbocycles. The van der Waals surface area contributed by atoms with E-state index >= 15 is 0 Å². The SMILES string of the molecule is CCCN(C)c1nc2sccn2c1CNC(C)(C)C. The molecule has 0 bridgehead atoms. The highest BCUT2D eigenvalue weighted by Gasteiger charge is 2.18. The quantitative estimate of drug-likeness (QED) is 0.913. The lowest BCUT2D eigenvalue weighted by atomic mass is 10.1. The molecule has 2 aromatic rings. The van der Waals surface area contributed by atoms with Gasteiger partial charge in [0.1, 0.15) is 0 Å². The van der Waals surface area contributed by atoms with Crippen LogP contribution in [0.2, 0.25) is 0 Å². The van der Waals surface area contributed by atoms with Crippen molar-refractivity contribution in [2.45, 2.75) is 46.2 Å². The van der Waals surface area contributed by atoms with Crippen molar-refractivity contribution < 1.29 is 0 Å². The summed E-state index contributed by atoms with van der Waals surface area (Å²) < 4.78 is 2.20. The summed E-state index contributed by atoms with van der Waals surface area (Å²) >= 11 is 1.69. The number of aromatic nitrogens is 2. The first-order valence-electron chi connectivity index (χ1n) is 6.83. The van der Waals surface area contributed by atoms with Crippen LogP contribution in [0.1, 0.15) is 39.8 Å². The Morgan fingerprint density at radius 1 is 1.42 bits per heavy atom. The molecule has 1 N–H and O–H groups in total. The van der Waals surface area contributed by atoms with Crippen molar-refractivity contribution in [2.75, 3.05) is 18.5 Å². The fourth-order valence-corrected chi connectivity index (χ4v) is 2.81. The molecule has 2 heterocycles. The molecule has 0 aromatic carbocycles. The third kappa shape index (κ3) is 3.28. The lowest BCUT2D eigenvalue weighted by Gasteiger charge is -2.22. The number of nitrogens with one attached hydrogen (secondary N) is 1. The predicted molar refractivity (Wildman–Crippen MR) is 83.2 cm³/mol. The predicted octanol–water partition coefficient (Wildman–Crippen LogP) is 3.13. The van der Waals surface area contributed by atoms with E-state index in [0.717, 1.165) is 30.3 Å². The molecule has 0 aliphatic carbocycles. The van der Waals surface area contributed by atoms with E-state index in [1.807, 2.05) is 0 Å². The normalized spacial score (nSPS) is 12.3. The summed E-state index contributed by atoms with van der Waals surface area (Å²) in [6.45, 7) is 10.6. The van der Waals surface area contributed by atoms with Crippen molar-refractivity contribution in [3.63, 3.8) is 0 Å². The average Bonchev–Trinajstić information content (AvgIpc) is 2.85. The first kappa shape index (κ1) is 14.3. The van der Waals surface area contributed by atoms with E-state index in [1.165, 1.54) is 5.69 Å². The molecule has 0 unspecified atom stereocenters. The zero-order valence-corrected chi connectivity index (χ0v) is 13.3. The number of hydrogen-bond donors (Lipinski definition) is 1. The highest BCUT2D eigenvalue weighted by Crippen LogP contribution is 2.24. The topological polar surface area (TPSA) is 32.6 Å². The van der Waals surface area contributed by atoms with Gasteiger partial charge in [0.15, 0.2) is 10.8 Å². The molecule has 106 valence electrons. The number of fused-ring (bicyclic) bond motifs is 1. The molecule has 0 saturated heterocycles. The second kappa shape index (κ2) is 5.51. The van der Waals surface area contributed by atoms with Crippen LogP contribution < -0.4 is 10.2 Å². The molecule has 4 nitrogen and oxygen atoms in total. The highest BCUT2D eigenvalue weighted by molar-refractivity contribution is 7.15. The van der Waals surface area contributed by atoms with Crippen molar-refractivity contribution in [1.29, 1.82) is 0 Å². The molecule has 0 spiro atoms. The maximum atomic E-state index is 4.76. The van der Waals surface area contributed by atoms with E-state index in [0.29, 0.717) is 0 Å².